The molecule has 1 saturated carbocycles. The van der Waals surface area contributed by atoms with E-state index in [0.29, 0.717) is 6.04 Å². The molecule has 4 nitrogen and oxygen atoms in total. The van der Waals surface area contributed by atoms with Crippen molar-refractivity contribution in [3.63, 3.8) is 0 Å². The highest BCUT2D eigenvalue weighted by atomic mass is 16.6. The normalized spacial score (nSPS) is 17.4. The molecule has 0 aromatic heterocycles. The summed E-state index contributed by atoms with van der Waals surface area (Å²) in [6.07, 6.45) is 6.26. The maximum Gasteiger partial charge on any atom is 0.412 e. The van der Waals surface area contributed by atoms with E-state index in [2.05, 4.69) is 17.6 Å². The van der Waals surface area contributed by atoms with Crippen molar-refractivity contribution in [2.75, 3.05) is 10.6 Å². The van der Waals surface area contributed by atoms with Crippen molar-refractivity contribution >= 4 is 17.5 Å². The van der Waals surface area contributed by atoms with E-state index >= 15 is 0 Å². The van der Waals surface area contributed by atoms with Crippen LogP contribution in [-0.2, 0) is 4.74 Å². The fourth-order valence-corrected chi connectivity index (χ4v) is 3.12. The lowest BCUT2D eigenvalue weighted by molar-refractivity contribution is 0.0636. The Morgan fingerprint density at radius 1 is 1.17 bits per heavy atom. The quantitative estimate of drug-likeness (QED) is 0.780. The Bertz CT molecular complexity index is 516. The number of amides is 1. The van der Waals surface area contributed by atoms with Gasteiger partial charge in [0.25, 0.3) is 0 Å². The van der Waals surface area contributed by atoms with Crippen LogP contribution in [0.4, 0.5) is 16.2 Å². The standard InChI is InChI=1S/C19H30N2O2/c1-14(15-9-6-5-7-10-15)20-16-11-8-12-17(13-16)21-18(22)23-19(2,3)4/h8,11-15,20H,5-7,9-10H2,1-4H3,(H,21,22). The molecule has 0 saturated heterocycles. The molecule has 1 aromatic carbocycles. The molecule has 0 heterocycles. The Kier molecular flexibility index (Phi) is 5.91. The van der Waals surface area contributed by atoms with E-state index in [0.717, 1.165) is 17.3 Å². The van der Waals surface area contributed by atoms with Gasteiger partial charge in [0.15, 0.2) is 0 Å². The highest BCUT2D eigenvalue weighted by molar-refractivity contribution is 5.85. The first-order chi connectivity index (χ1) is 10.8. The number of hydrogen-bond donors (Lipinski definition) is 2. The van der Waals surface area contributed by atoms with Crippen molar-refractivity contribution in [2.45, 2.75) is 71.4 Å². The Hall–Kier alpha value is -1.71. The largest absolute Gasteiger partial charge is 0.444 e. The third-order valence-electron chi connectivity index (χ3n) is 4.26. The van der Waals surface area contributed by atoms with Gasteiger partial charge in [-0.05, 0) is 64.7 Å². The molecule has 0 radical (unpaired) electrons. The summed E-state index contributed by atoms with van der Waals surface area (Å²) in [5.74, 6) is 0.742. The zero-order chi connectivity index (χ0) is 16.9. The molecule has 23 heavy (non-hydrogen) atoms. The van der Waals surface area contributed by atoms with Crippen molar-refractivity contribution < 1.29 is 9.53 Å². The first-order valence-electron chi connectivity index (χ1n) is 8.70. The zero-order valence-corrected chi connectivity index (χ0v) is 14.8. The smallest absolute Gasteiger partial charge is 0.412 e. The summed E-state index contributed by atoms with van der Waals surface area (Å²) in [6.45, 7) is 7.83. The molecule has 1 atom stereocenters. The number of hydrogen-bond acceptors (Lipinski definition) is 3. The Labute approximate surface area is 140 Å². The highest BCUT2D eigenvalue weighted by Crippen LogP contribution is 2.28. The summed E-state index contributed by atoms with van der Waals surface area (Å²) in [5.41, 5.74) is 1.30. The predicted molar refractivity (Wildman–Crippen MR) is 96.0 cm³/mol. The average molecular weight is 318 g/mol. The summed E-state index contributed by atoms with van der Waals surface area (Å²) in [4.78, 5) is 11.9. The molecular weight excluding hydrogens is 288 g/mol. The molecule has 1 fully saturated rings. The van der Waals surface area contributed by atoms with Crippen molar-refractivity contribution in [1.29, 1.82) is 0 Å². The van der Waals surface area contributed by atoms with Gasteiger partial charge in [0.2, 0.25) is 0 Å². The first-order valence-corrected chi connectivity index (χ1v) is 8.70. The van der Waals surface area contributed by atoms with E-state index in [-0.39, 0.29) is 0 Å². The number of carbonyl (C=O) groups is 1. The summed E-state index contributed by atoms with van der Waals surface area (Å²) in [7, 11) is 0. The number of ether oxygens (including phenoxy) is 1. The lowest BCUT2D eigenvalue weighted by Crippen LogP contribution is -2.28. The number of nitrogens with one attached hydrogen (secondary N) is 2. The Morgan fingerprint density at radius 2 is 1.83 bits per heavy atom. The number of benzene rings is 1. The van der Waals surface area contributed by atoms with Crippen LogP contribution in [0.25, 0.3) is 0 Å². The van der Waals surface area contributed by atoms with Crippen LogP contribution in [0.3, 0.4) is 0 Å². The van der Waals surface area contributed by atoms with E-state index < -0.39 is 11.7 Å². The molecule has 0 aliphatic heterocycles. The van der Waals surface area contributed by atoms with Gasteiger partial charge in [0.1, 0.15) is 5.60 Å². The minimum absolute atomic E-state index is 0.421. The molecule has 0 spiro atoms. The van der Waals surface area contributed by atoms with Gasteiger partial charge in [-0.1, -0.05) is 25.3 Å². The molecule has 2 rings (SSSR count). The Balaban J connectivity index is 1.92. The molecule has 0 bridgehead atoms. The fourth-order valence-electron chi connectivity index (χ4n) is 3.12. The third kappa shape index (κ3) is 6.12. The second kappa shape index (κ2) is 7.71. The van der Waals surface area contributed by atoms with Gasteiger partial charge in [0, 0.05) is 17.4 Å². The molecule has 1 aliphatic carbocycles. The zero-order valence-electron chi connectivity index (χ0n) is 14.8. The molecule has 1 amide bonds. The van der Waals surface area contributed by atoms with Crippen molar-refractivity contribution in [3.8, 4) is 0 Å². The van der Waals surface area contributed by atoms with E-state index in [1.807, 2.05) is 45.0 Å². The van der Waals surface area contributed by atoms with Crippen LogP contribution in [0.15, 0.2) is 24.3 Å². The van der Waals surface area contributed by atoms with Gasteiger partial charge >= 0.3 is 6.09 Å². The molecule has 1 unspecified atom stereocenters. The summed E-state index contributed by atoms with van der Waals surface area (Å²) < 4.78 is 5.29. The maximum absolute atomic E-state index is 11.9. The Morgan fingerprint density at radius 3 is 2.48 bits per heavy atom. The third-order valence-corrected chi connectivity index (χ3v) is 4.26. The monoisotopic (exact) mass is 318 g/mol. The van der Waals surface area contributed by atoms with Crippen LogP contribution in [0.1, 0.15) is 59.8 Å². The summed E-state index contributed by atoms with van der Waals surface area (Å²) in [6, 6.07) is 8.28. The van der Waals surface area contributed by atoms with Crippen LogP contribution >= 0.6 is 0 Å². The maximum atomic E-state index is 11.9. The topological polar surface area (TPSA) is 50.4 Å². The molecular formula is C19H30N2O2. The summed E-state index contributed by atoms with van der Waals surface area (Å²) in [5, 5.41) is 6.37. The van der Waals surface area contributed by atoms with Crippen LogP contribution in [0, 0.1) is 5.92 Å². The molecule has 1 aliphatic rings. The van der Waals surface area contributed by atoms with E-state index in [9.17, 15) is 4.79 Å². The fraction of sp³-hybridized carbons (Fsp3) is 0.632. The number of rotatable bonds is 4. The van der Waals surface area contributed by atoms with Crippen LogP contribution in [0.2, 0.25) is 0 Å². The molecule has 1 aromatic rings. The predicted octanol–water partition coefficient (Wildman–Crippen LogP) is 5.41. The van der Waals surface area contributed by atoms with E-state index in [1.165, 1.54) is 32.1 Å². The van der Waals surface area contributed by atoms with Crippen LogP contribution in [0.5, 0.6) is 0 Å². The van der Waals surface area contributed by atoms with Crippen molar-refractivity contribution in [2.24, 2.45) is 5.92 Å². The van der Waals surface area contributed by atoms with Gasteiger partial charge in [-0.2, -0.15) is 0 Å². The molecule has 4 heteroatoms. The van der Waals surface area contributed by atoms with Gasteiger partial charge in [-0.25, -0.2) is 4.79 Å². The second-order valence-corrected chi connectivity index (χ2v) is 7.54. The lowest BCUT2D eigenvalue weighted by Gasteiger charge is -2.29. The molecule has 2 N–H and O–H groups in total. The number of anilines is 2. The van der Waals surface area contributed by atoms with Gasteiger partial charge in [-0.15, -0.1) is 0 Å². The first kappa shape index (κ1) is 17.6. The second-order valence-electron chi connectivity index (χ2n) is 7.54. The van der Waals surface area contributed by atoms with Crippen LogP contribution in [-0.4, -0.2) is 17.7 Å². The van der Waals surface area contributed by atoms with Gasteiger partial charge in [0.05, 0.1) is 0 Å². The average Bonchev–Trinajstić information content (AvgIpc) is 2.46. The minimum Gasteiger partial charge on any atom is -0.444 e. The van der Waals surface area contributed by atoms with Gasteiger partial charge < -0.3 is 10.1 Å². The highest BCUT2D eigenvalue weighted by Gasteiger charge is 2.20. The van der Waals surface area contributed by atoms with E-state index in [4.69, 9.17) is 4.74 Å². The van der Waals surface area contributed by atoms with Crippen LogP contribution < -0.4 is 10.6 Å². The lowest BCUT2D eigenvalue weighted by atomic mass is 9.84. The van der Waals surface area contributed by atoms with E-state index in [1.54, 1.807) is 0 Å². The summed E-state index contributed by atoms with van der Waals surface area (Å²) >= 11 is 0. The SMILES string of the molecule is CC(Nc1cccc(NC(=O)OC(C)(C)C)c1)C1CCCCC1. The minimum atomic E-state index is -0.491. The van der Waals surface area contributed by atoms with Crippen molar-refractivity contribution in [3.05, 3.63) is 24.3 Å². The number of carbonyl (C=O) groups excluding carboxylic acids is 1. The molecule has 128 valence electrons. The van der Waals surface area contributed by atoms with Gasteiger partial charge in [-0.3, -0.25) is 5.32 Å². The van der Waals surface area contributed by atoms with Crippen molar-refractivity contribution in [1.82, 2.24) is 0 Å².